The second-order valence-electron chi connectivity index (χ2n) is 21.7. The average molecular weight is 1150 g/mol. The van der Waals surface area contributed by atoms with Crippen LogP contribution >= 0.6 is 0 Å². The summed E-state index contributed by atoms with van der Waals surface area (Å²) in [6.07, 6.45) is 7.43. The second-order valence-corrected chi connectivity index (χ2v) is 29.3. The first kappa shape index (κ1) is 47.4. The van der Waals surface area contributed by atoms with E-state index < -0.39 is 13.3 Å². The fourth-order valence-electron chi connectivity index (χ4n) is 13.6. The van der Waals surface area contributed by atoms with Crippen molar-refractivity contribution in [2.45, 2.75) is 0 Å². The van der Waals surface area contributed by atoms with Crippen LogP contribution in [0.1, 0.15) is 0 Å². The first-order chi connectivity index (χ1) is 42.2. The van der Waals surface area contributed by atoms with Crippen LogP contribution < -0.4 is 22.2 Å². The Morgan fingerprint density at radius 3 is 1.09 bits per heavy atom. The SMILES string of the molecule is c1ccc(-n2c(-c3ccc4[c](c3)[Ge]3([c]5cc(-c6nc7cccnc7n6-c6ccccc6)ccc5-4)[c]4cc(-c5nc6cccnc6n5-c5ccccc5)ccc4-c4ccc(-c5[nH]c6cccnc6[n+]5-c5ccccc5)c[c]43)nc3cccnc32)cc1. The van der Waals surface area contributed by atoms with Gasteiger partial charge in [-0.3, -0.25) is 0 Å². The molecule has 2 aliphatic heterocycles. The van der Waals surface area contributed by atoms with Crippen LogP contribution in [0.5, 0.6) is 0 Å². The molecule has 0 saturated heterocycles. The molecule has 2 aliphatic rings. The van der Waals surface area contributed by atoms with E-state index in [1.807, 2.05) is 49.1 Å². The Labute approximate surface area is 488 Å². The van der Waals surface area contributed by atoms with E-state index in [-0.39, 0.29) is 0 Å². The van der Waals surface area contributed by atoms with E-state index in [1.54, 1.807) is 0 Å². The van der Waals surface area contributed by atoms with E-state index in [2.05, 4.69) is 242 Å². The van der Waals surface area contributed by atoms with Crippen molar-refractivity contribution in [2.24, 2.45) is 0 Å². The Balaban J connectivity index is 0.968. The zero-order valence-electron chi connectivity index (χ0n) is 45.3. The van der Waals surface area contributed by atoms with Crippen molar-refractivity contribution in [2.75, 3.05) is 0 Å². The van der Waals surface area contributed by atoms with E-state index in [0.29, 0.717) is 0 Å². The summed E-state index contributed by atoms with van der Waals surface area (Å²) in [6.45, 7) is 0. The average Bonchev–Trinajstić information content (AvgIpc) is 1.53. The van der Waals surface area contributed by atoms with Gasteiger partial charge in [0.05, 0.1) is 0 Å². The van der Waals surface area contributed by atoms with Gasteiger partial charge in [0.15, 0.2) is 0 Å². The number of para-hydroxylation sites is 4. The van der Waals surface area contributed by atoms with Crippen molar-refractivity contribution >= 4 is 75.5 Å². The molecule has 18 rings (SSSR count). The molecule has 1 N–H and O–H groups in total. The molecule has 0 amide bonds. The van der Waals surface area contributed by atoms with Gasteiger partial charge >= 0.3 is 492 Å². The Morgan fingerprint density at radius 1 is 0.329 bits per heavy atom. The van der Waals surface area contributed by atoms with E-state index in [0.717, 1.165) is 113 Å². The van der Waals surface area contributed by atoms with Gasteiger partial charge < -0.3 is 0 Å². The van der Waals surface area contributed by atoms with Crippen molar-refractivity contribution in [3.05, 3.63) is 267 Å². The number of aromatic nitrogens is 12. The molecule has 0 unspecified atom stereocenters. The van der Waals surface area contributed by atoms with Gasteiger partial charge in [-0.2, -0.15) is 0 Å². The van der Waals surface area contributed by atoms with E-state index in [9.17, 15) is 0 Å². The molecule has 0 fully saturated rings. The topological polar surface area (TPSA) is 125 Å². The Bertz CT molecular complexity index is 4710. The van der Waals surface area contributed by atoms with E-state index >= 15 is 0 Å². The standard InChI is InChI=1S/C72H44GeN12/c1-5-17-49(18-6-1)82-65(78-61-25-13-37-74-69(61)82)45-29-33-53-54-34-30-46(66-79-62-26-14-38-75-70(62)83(66)50-19-7-2-8-20-50)42-58(54)73(57(53)41-45)59-43-47(67-80-63-27-15-39-76-71(63)84(67)51-21-9-3-10-22-51)31-35-55(59)56-36-32-48(44-60(56)73)68-81-64-28-16-40-77-72(64)85(68)52-23-11-4-12-24-52/h1-44H/p+1. The van der Waals surface area contributed by atoms with Gasteiger partial charge in [-0.15, -0.1) is 0 Å². The van der Waals surface area contributed by atoms with Gasteiger partial charge in [-0.25, -0.2) is 0 Å². The number of nitrogens with one attached hydrogen (secondary N) is 1. The van der Waals surface area contributed by atoms with Crippen LogP contribution in [0.15, 0.2) is 267 Å². The number of pyridine rings is 4. The summed E-state index contributed by atoms with van der Waals surface area (Å²) in [5, 5.41) is 0. The third-order valence-corrected chi connectivity index (χ3v) is 27.4. The van der Waals surface area contributed by atoms with Crippen LogP contribution in [0.2, 0.25) is 0 Å². The van der Waals surface area contributed by atoms with Gasteiger partial charge in [-0.05, 0) is 0 Å². The number of aromatic amines is 1. The van der Waals surface area contributed by atoms with Crippen LogP contribution in [-0.4, -0.2) is 66.8 Å². The van der Waals surface area contributed by atoms with Crippen LogP contribution in [-0.2, 0) is 0 Å². The van der Waals surface area contributed by atoms with E-state index in [1.165, 1.54) is 39.8 Å². The summed E-state index contributed by atoms with van der Waals surface area (Å²) >= 11 is -4.46. The minimum absolute atomic E-state index is 0.797. The van der Waals surface area contributed by atoms with Crippen molar-refractivity contribution in [1.82, 2.24) is 53.6 Å². The fourth-order valence-corrected chi connectivity index (χ4v) is 25.6. The molecule has 8 aromatic heterocycles. The summed E-state index contributed by atoms with van der Waals surface area (Å²) in [5.74, 6) is 3.40. The van der Waals surface area contributed by atoms with Gasteiger partial charge in [0.2, 0.25) is 0 Å². The first-order valence-electron chi connectivity index (χ1n) is 28.4. The summed E-state index contributed by atoms with van der Waals surface area (Å²) in [7, 11) is 0. The van der Waals surface area contributed by atoms with Crippen molar-refractivity contribution in [1.29, 1.82) is 0 Å². The molecule has 396 valence electrons. The molecule has 1 spiro atoms. The number of benzene rings is 8. The van der Waals surface area contributed by atoms with Crippen molar-refractivity contribution < 1.29 is 4.57 Å². The molecule has 12 nitrogen and oxygen atoms in total. The van der Waals surface area contributed by atoms with Gasteiger partial charge in [-0.1, -0.05) is 0 Å². The third-order valence-electron chi connectivity index (χ3n) is 17.1. The number of hydrogen-bond acceptors (Lipinski definition) is 7. The van der Waals surface area contributed by atoms with Crippen LogP contribution in [0.3, 0.4) is 0 Å². The Morgan fingerprint density at radius 2 is 0.682 bits per heavy atom. The maximum absolute atomic E-state index is 5.45. The number of H-pyrrole nitrogens is 1. The molecule has 85 heavy (non-hydrogen) atoms. The summed E-state index contributed by atoms with van der Waals surface area (Å²) in [5.41, 5.74) is 19.5. The van der Waals surface area contributed by atoms with Gasteiger partial charge in [0.25, 0.3) is 0 Å². The molecular weight excluding hydrogens is 1110 g/mol. The zero-order valence-corrected chi connectivity index (χ0v) is 47.4. The normalized spacial score (nSPS) is 12.8. The predicted molar refractivity (Wildman–Crippen MR) is 338 cm³/mol. The van der Waals surface area contributed by atoms with Crippen LogP contribution in [0.4, 0.5) is 0 Å². The molecule has 0 bridgehead atoms. The Kier molecular flexibility index (Phi) is 10.3. The molecular formula is C72H45GeN12+. The number of rotatable bonds is 8. The van der Waals surface area contributed by atoms with Gasteiger partial charge in [0.1, 0.15) is 0 Å². The van der Waals surface area contributed by atoms with Crippen molar-refractivity contribution in [3.63, 3.8) is 0 Å². The number of imidazole rings is 4. The summed E-state index contributed by atoms with van der Waals surface area (Å²) < 4.78 is 14.1. The zero-order chi connectivity index (χ0) is 55.7. The fraction of sp³-hybridized carbons (Fsp3) is 0. The predicted octanol–water partition coefficient (Wildman–Crippen LogP) is 12.0. The van der Waals surface area contributed by atoms with Crippen LogP contribution in [0, 0.1) is 0 Å². The summed E-state index contributed by atoms with van der Waals surface area (Å²) in [6, 6.07) is 86.6. The van der Waals surface area contributed by atoms with Gasteiger partial charge in [0, 0.05) is 0 Å². The molecule has 10 heterocycles. The number of nitrogens with zero attached hydrogens (tertiary/aromatic N) is 11. The minimum atomic E-state index is -4.46. The van der Waals surface area contributed by atoms with E-state index in [4.69, 9.17) is 34.9 Å². The maximum atomic E-state index is 5.45. The van der Waals surface area contributed by atoms with Crippen molar-refractivity contribution in [3.8, 4) is 90.6 Å². The summed E-state index contributed by atoms with van der Waals surface area (Å²) in [4.78, 5) is 40.1. The Hall–Kier alpha value is -11.2. The molecule has 8 aromatic carbocycles. The number of fused-ring (bicyclic) bond motifs is 14. The second kappa shape index (κ2) is 18.4. The molecule has 0 radical (unpaired) electrons. The third kappa shape index (κ3) is 6.97. The molecule has 16 aromatic rings. The molecule has 0 atom stereocenters. The quantitative estimate of drug-likeness (QED) is 0.119. The number of hydrogen-bond donors (Lipinski definition) is 1. The molecule has 0 aliphatic carbocycles. The van der Waals surface area contributed by atoms with Crippen LogP contribution in [0.25, 0.3) is 135 Å². The molecule has 13 heteroatoms. The monoisotopic (exact) mass is 1150 g/mol. The first-order valence-corrected chi connectivity index (χ1v) is 32.6. The molecule has 0 saturated carbocycles.